The Labute approximate surface area is 118 Å². The summed E-state index contributed by atoms with van der Waals surface area (Å²) < 4.78 is 26.2. The van der Waals surface area contributed by atoms with Gasteiger partial charge in [0, 0.05) is 12.4 Å². The van der Waals surface area contributed by atoms with Crippen LogP contribution in [0.2, 0.25) is 0 Å². The number of unbranched alkanes of at least 4 members (excludes halogenated alkanes) is 3. The number of hydrogen-bond acceptors (Lipinski definition) is 2. The van der Waals surface area contributed by atoms with E-state index in [1.807, 2.05) is 0 Å². The smallest absolute Gasteiger partial charge is 0.211 e. The Morgan fingerprint density at radius 2 is 1.78 bits per heavy atom. The average molecular weight is 298 g/mol. The average Bonchev–Trinajstić information content (AvgIpc) is 2.27. The lowest BCUT2D eigenvalue weighted by atomic mass is 9.87. The molecule has 0 radical (unpaired) electrons. The molecule has 0 heterocycles. The standard InChI is InChI=1S/C13H28ClNO2S/c1-4-5-6-9-13(2,3)12-15-18(16,17)11-8-7-10-14/h15H,4-12H2,1-3H3. The van der Waals surface area contributed by atoms with E-state index in [-0.39, 0.29) is 11.2 Å². The van der Waals surface area contributed by atoms with E-state index in [2.05, 4.69) is 25.5 Å². The van der Waals surface area contributed by atoms with E-state index in [0.29, 0.717) is 18.8 Å². The molecule has 0 aliphatic carbocycles. The van der Waals surface area contributed by atoms with Gasteiger partial charge in [-0.05, 0) is 24.7 Å². The predicted molar refractivity (Wildman–Crippen MR) is 79.7 cm³/mol. The molecule has 0 aliphatic heterocycles. The van der Waals surface area contributed by atoms with E-state index < -0.39 is 10.0 Å². The molecule has 0 aromatic carbocycles. The summed E-state index contributed by atoms with van der Waals surface area (Å²) in [7, 11) is -3.13. The Balaban J connectivity index is 3.97. The molecule has 0 unspecified atom stereocenters. The first-order valence-corrected chi connectivity index (χ1v) is 9.05. The lowest BCUT2D eigenvalue weighted by molar-refractivity contribution is 0.320. The van der Waals surface area contributed by atoms with Crippen LogP contribution in [0, 0.1) is 5.41 Å². The molecule has 0 saturated carbocycles. The number of halogens is 1. The molecule has 3 nitrogen and oxygen atoms in total. The van der Waals surface area contributed by atoms with Crippen molar-refractivity contribution in [2.45, 2.75) is 59.3 Å². The highest BCUT2D eigenvalue weighted by Crippen LogP contribution is 2.22. The van der Waals surface area contributed by atoms with E-state index in [1.165, 1.54) is 12.8 Å². The van der Waals surface area contributed by atoms with Crippen LogP contribution < -0.4 is 4.72 Å². The summed E-state index contributed by atoms with van der Waals surface area (Å²) >= 11 is 5.54. The molecule has 0 spiro atoms. The van der Waals surface area contributed by atoms with E-state index in [0.717, 1.165) is 19.3 Å². The molecule has 0 rings (SSSR count). The van der Waals surface area contributed by atoms with Gasteiger partial charge in [-0.25, -0.2) is 13.1 Å². The zero-order valence-electron chi connectivity index (χ0n) is 12.0. The first-order valence-electron chi connectivity index (χ1n) is 6.86. The first-order chi connectivity index (χ1) is 8.33. The maximum Gasteiger partial charge on any atom is 0.211 e. The molecule has 0 aromatic heterocycles. The highest BCUT2D eigenvalue weighted by atomic mass is 35.5. The molecule has 0 amide bonds. The Morgan fingerprint density at radius 1 is 1.11 bits per heavy atom. The number of sulfonamides is 1. The van der Waals surface area contributed by atoms with Crippen LogP contribution in [-0.2, 0) is 10.0 Å². The third kappa shape index (κ3) is 10.2. The minimum absolute atomic E-state index is 0.0364. The number of nitrogens with one attached hydrogen (secondary N) is 1. The maximum atomic E-state index is 11.7. The van der Waals surface area contributed by atoms with Crippen molar-refractivity contribution in [3.63, 3.8) is 0 Å². The molecule has 0 saturated heterocycles. The SMILES string of the molecule is CCCCCC(C)(C)CNS(=O)(=O)CCCCCl. The second kappa shape index (κ2) is 9.16. The highest BCUT2D eigenvalue weighted by Gasteiger charge is 2.20. The van der Waals surface area contributed by atoms with E-state index in [1.54, 1.807) is 0 Å². The quantitative estimate of drug-likeness (QED) is 0.468. The Kier molecular flexibility index (Phi) is 9.26. The van der Waals surface area contributed by atoms with Crippen LogP contribution in [0.25, 0.3) is 0 Å². The van der Waals surface area contributed by atoms with Gasteiger partial charge in [-0.15, -0.1) is 11.6 Å². The van der Waals surface area contributed by atoms with Crippen LogP contribution in [0.4, 0.5) is 0 Å². The molecule has 5 heteroatoms. The summed E-state index contributed by atoms with van der Waals surface area (Å²) in [5, 5.41) is 0. The summed E-state index contributed by atoms with van der Waals surface area (Å²) in [6.07, 6.45) is 6.02. The van der Waals surface area contributed by atoms with Crippen molar-refractivity contribution in [2.24, 2.45) is 5.41 Å². The normalized spacial score (nSPS) is 12.9. The van der Waals surface area contributed by atoms with Crippen molar-refractivity contribution < 1.29 is 8.42 Å². The summed E-state index contributed by atoms with van der Waals surface area (Å²) in [5.41, 5.74) is 0.0364. The van der Waals surface area contributed by atoms with Gasteiger partial charge < -0.3 is 0 Å². The van der Waals surface area contributed by atoms with Gasteiger partial charge in [-0.2, -0.15) is 0 Å². The number of alkyl halides is 1. The Hall–Kier alpha value is 0.200. The Bertz CT molecular complexity index is 302. The molecule has 0 fully saturated rings. The van der Waals surface area contributed by atoms with Crippen LogP contribution in [0.5, 0.6) is 0 Å². The van der Waals surface area contributed by atoms with Crippen LogP contribution in [0.3, 0.4) is 0 Å². The van der Waals surface area contributed by atoms with Gasteiger partial charge in [0.1, 0.15) is 0 Å². The Morgan fingerprint density at radius 3 is 2.33 bits per heavy atom. The maximum absolute atomic E-state index is 11.7. The second-order valence-electron chi connectivity index (χ2n) is 5.66. The molecule has 0 bridgehead atoms. The van der Waals surface area contributed by atoms with Crippen LogP contribution in [0.1, 0.15) is 59.3 Å². The molecular formula is C13H28ClNO2S. The van der Waals surface area contributed by atoms with Crippen molar-refractivity contribution in [3.8, 4) is 0 Å². The van der Waals surface area contributed by atoms with E-state index >= 15 is 0 Å². The van der Waals surface area contributed by atoms with Crippen molar-refractivity contribution in [2.75, 3.05) is 18.2 Å². The van der Waals surface area contributed by atoms with E-state index in [9.17, 15) is 8.42 Å². The van der Waals surface area contributed by atoms with Gasteiger partial charge in [0.2, 0.25) is 10.0 Å². The fourth-order valence-corrected chi connectivity index (χ4v) is 3.23. The predicted octanol–water partition coefficient (Wildman–Crippen LogP) is 3.53. The van der Waals surface area contributed by atoms with E-state index in [4.69, 9.17) is 11.6 Å². The molecule has 0 aliphatic rings. The molecular weight excluding hydrogens is 270 g/mol. The van der Waals surface area contributed by atoms with Crippen molar-refractivity contribution in [1.29, 1.82) is 0 Å². The molecule has 18 heavy (non-hydrogen) atoms. The zero-order chi connectivity index (χ0) is 14.1. The van der Waals surface area contributed by atoms with Gasteiger partial charge in [-0.1, -0.05) is 40.0 Å². The van der Waals surface area contributed by atoms with Crippen LogP contribution >= 0.6 is 11.6 Å². The molecule has 0 aromatic rings. The molecule has 110 valence electrons. The lowest BCUT2D eigenvalue weighted by Crippen LogP contribution is -2.35. The third-order valence-corrected chi connectivity index (χ3v) is 4.70. The first kappa shape index (κ1) is 18.2. The minimum atomic E-state index is -3.13. The summed E-state index contributed by atoms with van der Waals surface area (Å²) in [5.74, 6) is 0.711. The summed E-state index contributed by atoms with van der Waals surface area (Å²) in [6.45, 7) is 6.93. The monoisotopic (exact) mass is 297 g/mol. The lowest BCUT2D eigenvalue weighted by Gasteiger charge is -2.24. The second-order valence-corrected chi connectivity index (χ2v) is 7.96. The third-order valence-electron chi connectivity index (χ3n) is 3.02. The fourth-order valence-electron chi connectivity index (χ4n) is 1.71. The highest BCUT2D eigenvalue weighted by molar-refractivity contribution is 7.89. The number of hydrogen-bond donors (Lipinski definition) is 1. The van der Waals surface area contributed by atoms with Crippen molar-refractivity contribution >= 4 is 21.6 Å². The topological polar surface area (TPSA) is 46.2 Å². The van der Waals surface area contributed by atoms with Crippen molar-refractivity contribution in [1.82, 2.24) is 4.72 Å². The van der Waals surface area contributed by atoms with Crippen LogP contribution in [-0.4, -0.2) is 26.6 Å². The van der Waals surface area contributed by atoms with Gasteiger partial charge in [-0.3, -0.25) is 0 Å². The zero-order valence-corrected chi connectivity index (χ0v) is 13.5. The van der Waals surface area contributed by atoms with Crippen LogP contribution in [0.15, 0.2) is 0 Å². The van der Waals surface area contributed by atoms with Gasteiger partial charge >= 0.3 is 0 Å². The summed E-state index contributed by atoms with van der Waals surface area (Å²) in [4.78, 5) is 0. The molecule has 0 atom stereocenters. The van der Waals surface area contributed by atoms with Gasteiger partial charge in [0.05, 0.1) is 5.75 Å². The van der Waals surface area contributed by atoms with Gasteiger partial charge in [0.15, 0.2) is 0 Å². The van der Waals surface area contributed by atoms with Crippen molar-refractivity contribution in [3.05, 3.63) is 0 Å². The number of rotatable bonds is 11. The van der Waals surface area contributed by atoms with Gasteiger partial charge in [0.25, 0.3) is 0 Å². The molecule has 1 N–H and O–H groups in total. The largest absolute Gasteiger partial charge is 0.215 e. The minimum Gasteiger partial charge on any atom is -0.215 e. The summed E-state index contributed by atoms with van der Waals surface area (Å²) in [6, 6.07) is 0. The fraction of sp³-hybridized carbons (Fsp3) is 1.00.